The van der Waals surface area contributed by atoms with Crippen LogP contribution >= 0.6 is 0 Å². The fourth-order valence-electron chi connectivity index (χ4n) is 3.88. The van der Waals surface area contributed by atoms with Gasteiger partial charge in [-0.2, -0.15) is 0 Å². The van der Waals surface area contributed by atoms with Gasteiger partial charge in [-0.3, -0.25) is 15.8 Å². The fourth-order valence-corrected chi connectivity index (χ4v) is 3.88. The molecule has 2 aliphatic rings. The second-order valence-electron chi connectivity index (χ2n) is 8.16. The van der Waals surface area contributed by atoms with Crippen LogP contribution < -0.4 is 10.9 Å². The van der Waals surface area contributed by atoms with Crippen LogP contribution in [0.15, 0.2) is 12.3 Å². The van der Waals surface area contributed by atoms with Gasteiger partial charge in [-0.05, 0) is 50.3 Å². The first-order valence-corrected chi connectivity index (χ1v) is 9.58. The molecule has 5 heteroatoms. The van der Waals surface area contributed by atoms with Crippen LogP contribution in [0.3, 0.4) is 0 Å². The van der Waals surface area contributed by atoms with Gasteiger partial charge >= 0.3 is 0 Å². The Kier molecular flexibility index (Phi) is 5.85. The molecule has 3 heterocycles. The number of rotatable bonds is 5. The molecule has 0 spiro atoms. The Hall–Kier alpha value is -1.04. The van der Waals surface area contributed by atoms with Crippen LogP contribution in [0.2, 0.25) is 0 Å². The molecule has 0 aromatic carbocycles. The highest BCUT2D eigenvalue weighted by atomic mass is 15.4. The van der Waals surface area contributed by atoms with Crippen LogP contribution in [0, 0.1) is 11.8 Å². The van der Waals surface area contributed by atoms with E-state index < -0.39 is 0 Å². The highest BCUT2D eigenvalue weighted by Crippen LogP contribution is 2.27. The lowest BCUT2D eigenvalue weighted by molar-refractivity contribution is 0.154. The molecule has 2 atom stereocenters. The van der Waals surface area contributed by atoms with Crippen molar-refractivity contribution in [2.75, 3.05) is 13.1 Å². The first kappa shape index (κ1) is 17.8. The van der Waals surface area contributed by atoms with E-state index in [1.165, 1.54) is 32.4 Å². The molecular formula is C19H33N5. The third kappa shape index (κ3) is 4.32. The van der Waals surface area contributed by atoms with Crippen molar-refractivity contribution < 1.29 is 0 Å². The predicted molar refractivity (Wildman–Crippen MR) is 97.4 cm³/mol. The Morgan fingerprint density at radius 3 is 2.54 bits per heavy atom. The second kappa shape index (κ2) is 7.89. The average Bonchev–Trinajstić information content (AvgIpc) is 3.06. The van der Waals surface area contributed by atoms with E-state index in [0.29, 0.717) is 23.9 Å². The molecule has 2 unspecified atom stereocenters. The molecular weight excluding hydrogens is 298 g/mol. The van der Waals surface area contributed by atoms with Gasteiger partial charge in [-0.15, -0.1) is 0 Å². The smallest absolute Gasteiger partial charge is 0.131 e. The van der Waals surface area contributed by atoms with Crippen molar-refractivity contribution in [2.45, 2.75) is 71.5 Å². The lowest BCUT2D eigenvalue weighted by Crippen LogP contribution is -2.43. The summed E-state index contributed by atoms with van der Waals surface area (Å²) in [6.07, 6.45) is 5.75. The van der Waals surface area contributed by atoms with Gasteiger partial charge in [-0.1, -0.05) is 27.7 Å². The van der Waals surface area contributed by atoms with Gasteiger partial charge in [0.25, 0.3) is 0 Å². The maximum Gasteiger partial charge on any atom is 0.131 e. The van der Waals surface area contributed by atoms with Crippen LogP contribution in [0.5, 0.6) is 0 Å². The SMILES string of the molecule is CC(C)c1nccc(CN2CCC(C3CC(C(C)C)NN3)CC2)n1. The molecule has 0 radical (unpaired) electrons. The minimum atomic E-state index is 0.394. The number of hydrogen-bond acceptors (Lipinski definition) is 5. The molecule has 0 amide bonds. The van der Waals surface area contributed by atoms with Crippen molar-refractivity contribution in [3.8, 4) is 0 Å². The first-order valence-electron chi connectivity index (χ1n) is 9.58. The van der Waals surface area contributed by atoms with Crippen LogP contribution in [-0.2, 0) is 6.54 Å². The Morgan fingerprint density at radius 1 is 1.17 bits per heavy atom. The van der Waals surface area contributed by atoms with E-state index in [9.17, 15) is 0 Å². The molecule has 2 N–H and O–H groups in total. The quantitative estimate of drug-likeness (QED) is 0.869. The normalized spacial score (nSPS) is 26.6. The zero-order chi connectivity index (χ0) is 17.1. The van der Waals surface area contributed by atoms with Crippen molar-refractivity contribution in [3.63, 3.8) is 0 Å². The lowest BCUT2D eigenvalue weighted by Gasteiger charge is -2.34. The summed E-state index contributed by atoms with van der Waals surface area (Å²) in [7, 11) is 0. The molecule has 2 aliphatic heterocycles. The largest absolute Gasteiger partial charge is 0.297 e. The molecule has 1 aromatic heterocycles. The lowest BCUT2D eigenvalue weighted by atomic mass is 9.85. The van der Waals surface area contributed by atoms with Crippen LogP contribution in [-0.4, -0.2) is 40.0 Å². The Morgan fingerprint density at radius 2 is 1.92 bits per heavy atom. The van der Waals surface area contributed by atoms with Gasteiger partial charge in [0.05, 0.1) is 5.69 Å². The van der Waals surface area contributed by atoms with Crippen LogP contribution in [0.1, 0.15) is 64.4 Å². The molecule has 0 aliphatic carbocycles. The molecule has 0 saturated carbocycles. The molecule has 3 rings (SSSR count). The minimum absolute atomic E-state index is 0.394. The zero-order valence-electron chi connectivity index (χ0n) is 15.6. The van der Waals surface area contributed by atoms with E-state index in [2.05, 4.69) is 54.5 Å². The summed E-state index contributed by atoms with van der Waals surface area (Å²) in [4.78, 5) is 11.6. The zero-order valence-corrected chi connectivity index (χ0v) is 15.6. The number of likely N-dealkylation sites (tertiary alicyclic amines) is 1. The predicted octanol–water partition coefficient (Wildman–Crippen LogP) is 2.70. The third-order valence-corrected chi connectivity index (χ3v) is 5.60. The summed E-state index contributed by atoms with van der Waals surface area (Å²) in [5.41, 5.74) is 8.20. The minimum Gasteiger partial charge on any atom is -0.297 e. The van der Waals surface area contributed by atoms with Gasteiger partial charge in [-0.25, -0.2) is 9.97 Å². The molecule has 5 nitrogen and oxygen atoms in total. The van der Waals surface area contributed by atoms with E-state index in [4.69, 9.17) is 4.98 Å². The molecule has 1 aromatic rings. The summed E-state index contributed by atoms with van der Waals surface area (Å²) in [5.74, 6) is 2.86. The van der Waals surface area contributed by atoms with Gasteiger partial charge in [0.1, 0.15) is 5.82 Å². The van der Waals surface area contributed by atoms with Crippen LogP contribution in [0.25, 0.3) is 0 Å². The summed E-state index contributed by atoms with van der Waals surface area (Å²) in [6, 6.07) is 3.34. The maximum atomic E-state index is 4.72. The van der Waals surface area contributed by atoms with Gasteiger partial charge in [0.15, 0.2) is 0 Å². The van der Waals surface area contributed by atoms with E-state index in [0.717, 1.165) is 24.0 Å². The van der Waals surface area contributed by atoms with Crippen molar-refractivity contribution in [1.82, 2.24) is 25.7 Å². The standard InChI is InChI=1S/C19H33N5/c1-13(2)17-11-18(23-22-17)15-6-9-24(10-7-15)12-16-5-8-20-19(21-16)14(3)4/h5,8,13-15,17-18,22-23H,6-7,9-12H2,1-4H3. The summed E-state index contributed by atoms with van der Waals surface area (Å²) in [5, 5.41) is 0. The Balaban J connectivity index is 1.48. The monoisotopic (exact) mass is 331 g/mol. The summed E-state index contributed by atoms with van der Waals surface area (Å²) in [6.45, 7) is 12.2. The number of hydrazine groups is 1. The number of hydrogen-bond donors (Lipinski definition) is 2. The second-order valence-corrected chi connectivity index (χ2v) is 8.16. The highest BCUT2D eigenvalue weighted by molar-refractivity contribution is 5.05. The molecule has 0 bridgehead atoms. The molecule has 24 heavy (non-hydrogen) atoms. The van der Waals surface area contributed by atoms with Crippen molar-refractivity contribution in [2.24, 2.45) is 11.8 Å². The van der Waals surface area contributed by atoms with Crippen molar-refractivity contribution in [3.05, 3.63) is 23.8 Å². The van der Waals surface area contributed by atoms with E-state index in [1.54, 1.807) is 0 Å². The maximum absolute atomic E-state index is 4.72. The fraction of sp³-hybridized carbons (Fsp3) is 0.789. The Labute approximate surface area is 146 Å². The van der Waals surface area contributed by atoms with Gasteiger partial charge < -0.3 is 0 Å². The topological polar surface area (TPSA) is 53.1 Å². The third-order valence-electron chi connectivity index (χ3n) is 5.60. The average molecular weight is 332 g/mol. The van der Waals surface area contributed by atoms with Gasteiger partial charge in [0.2, 0.25) is 0 Å². The summed E-state index contributed by atoms with van der Waals surface area (Å²) < 4.78 is 0. The van der Waals surface area contributed by atoms with E-state index in [-0.39, 0.29) is 0 Å². The molecule has 134 valence electrons. The number of aromatic nitrogens is 2. The number of piperidine rings is 1. The van der Waals surface area contributed by atoms with Gasteiger partial charge in [0, 0.05) is 30.7 Å². The van der Waals surface area contributed by atoms with Crippen LogP contribution in [0.4, 0.5) is 0 Å². The summed E-state index contributed by atoms with van der Waals surface area (Å²) >= 11 is 0. The number of nitrogens with one attached hydrogen (secondary N) is 2. The van der Waals surface area contributed by atoms with E-state index in [1.807, 2.05) is 6.20 Å². The first-order chi connectivity index (χ1) is 11.5. The number of nitrogens with zero attached hydrogens (tertiary/aromatic N) is 3. The van der Waals surface area contributed by atoms with E-state index >= 15 is 0 Å². The molecule has 2 fully saturated rings. The highest BCUT2D eigenvalue weighted by Gasteiger charge is 2.33. The van der Waals surface area contributed by atoms with Crippen molar-refractivity contribution in [1.29, 1.82) is 0 Å². The Bertz CT molecular complexity index is 522. The van der Waals surface area contributed by atoms with Crippen molar-refractivity contribution >= 4 is 0 Å². The molecule has 2 saturated heterocycles.